The van der Waals surface area contributed by atoms with E-state index in [1.165, 1.54) is 186 Å². The molecule has 0 heterocycles. The molecule has 0 spiro atoms. The molecular formula is C73H142O17P2. The van der Waals surface area contributed by atoms with E-state index in [4.69, 9.17) is 37.0 Å². The first kappa shape index (κ1) is 90.1. The largest absolute Gasteiger partial charge is 0.472 e. The molecule has 17 nitrogen and oxygen atoms in total. The number of aliphatic hydroxyl groups is 1. The fraction of sp³-hybridized carbons (Fsp3) is 0.945. The smallest absolute Gasteiger partial charge is 0.462 e. The van der Waals surface area contributed by atoms with E-state index in [-0.39, 0.29) is 25.7 Å². The Labute approximate surface area is 562 Å². The second-order valence-electron chi connectivity index (χ2n) is 27.3. The van der Waals surface area contributed by atoms with Gasteiger partial charge < -0.3 is 33.8 Å². The zero-order valence-corrected chi connectivity index (χ0v) is 61.6. The Morgan fingerprint density at radius 3 is 0.739 bits per heavy atom. The van der Waals surface area contributed by atoms with Gasteiger partial charge in [0, 0.05) is 25.7 Å². The highest BCUT2D eigenvalue weighted by molar-refractivity contribution is 7.47. The van der Waals surface area contributed by atoms with Crippen molar-refractivity contribution in [2.45, 2.75) is 394 Å². The number of rotatable bonds is 72. The van der Waals surface area contributed by atoms with Crippen LogP contribution in [0.3, 0.4) is 0 Å². The van der Waals surface area contributed by atoms with Gasteiger partial charge in [-0.05, 0) is 37.5 Å². The Bertz CT molecular complexity index is 1790. The molecular weight excluding hydrogens is 1210 g/mol. The summed E-state index contributed by atoms with van der Waals surface area (Å²) in [5.74, 6) is -0.676. The minimum Gasteiger partial charge on any atom is -0.462 e. The highest BCUT2D eigenvalue weighted by atomic mass is 31.2. The van der Waals surface area contributed by atoms with Crippen molar-refractivity contribution in [3.63, 3.8) is 0 Å². The van der Waals surface area contributed by atoms with Crippen LogP contribution in [0.2, 0.25) is 0 Å². The highest BCUT2D eigenvalue weighted by Crippen LogP contribution is 2.45. The van der Waals surface area contributed by atoms with E-state index in [1.807, 2.05) is 0 Å². The lowest BCUT2D eigenvalue weighted by Crippen LogP contribution is -2.30. The molecule has 0 aromatic carbocycles. The summed E-state index contributed by atoms with van der Waals surface area (Å²) in [7, 11) is -9.90. The molecule has 546 valence electrons. The van der Waals surface area contributed by atoms with E-state index in [0.717, 1.165) is 102 Å². The molecule has 92 heavy (non-hydrogen) atoms. The van der Waals surface area contributed by atoms with Crippen molar-refractivity contribution in [3.8, 4) is 0 Å². The Hall–Kier alpha value is -1.94. The van der Waals surface area contributed by atoms with Gasteiger partial charge in [-0.15, -0.1) is 0 Å². The molecule has 0 bridgehead atoms. The average Bonchev–Trinajstić information content (AvgIpc) is 1.38. The van der Waals surface area contributed by atoms with Crippen molar-refractivity contribution in [2.75, 3.05) is 39.6 Å². The normalized spacial score (nSPS) is 14.1. The lowest BCUT2D eigenvalue weighted by Gasteiger charge is -2.21. The standard InChI is InChI=1S/C73H142O17P2/c1-7-9-11-13-15-17-18-19-20-21-22-23-24-25-26-31-34-38-45-51-57-72(77)89-68(61-84-71(76)56-50-44-37-33-30-28-27-29-32-35-41-47-53-65(3)4)63-87-91(79,80)85-59-67(74)60-86-92(81,82)88-64-69(62-83-70(75)55-49-43-36-16-14-12-10-8-2)90-73(78)58-52-46-40-39-42-48-54-66(5)6/h65-69,74H,7-64H2,1-6H3,(H,79,80)(H,81,82)/t67-,68-,69-/m1/s1. The van der Waals surface area contributed by atoms with Crippen molar-refractivity contribution in [3.05, 3.63) is 0 Å². The zero-order chi connectivity index (χ0) is 67.9. The summed E-state index contributed by atoms with van der Waals surface area (Å²) in [6.07, 6.45) is 51.7. The number of hydrogen-bond donors (Lipinski definition) is 3. The fourth-order valence-electron chi connectivity index (χ4n) is 11.1. The number of hydrogen-bond acceptors (Lipinski definition) is 15. The van der Waals surface area contributed by atoms with Crippen LogP contribution in [0.25, 0.3) is 0 Å². The topological polar surface area (TPSA) is 237 Å². The van der Waals surface area contributed by atoms with Gasteiger partial charge in [0.1, 0.15) is 19.3 Å². The molecule has 0 radical (unpaired) electrons. The summed E-state index contributed by atoms with van der Waals surface area (Å²) in [6, 6.07) is 0. The van der Waals surface area contributed by atoms with E-state index in [0.29, 0.717) is 31.6 Å². The molecule has 0 aromatic rings. The van der Waals surface area contributed by atoms with Crippen molar-refractivity contribution in [2.24, 2.45) is 11.8 Å². The van der Waals surface area contributed by atoms with Gasteiger partial charge in [0.2, 0.25) is 0 Å². The van der Waals surface area contributed by atoms with Crippen molar-refractivity contribution >= 4 is 39.5 Å². The molecule has 0 saturated heterocycles. The fourth-order valence-corrected chi connectivity index (χ4v) is 12.7. The molecule has 0 aliphatic rings. The predicted molar refractivity (Wildman–Crippen MR) is 372 cm³/mol. The Kier molecular flexibility index (Phi) is 63.7. The van der Waals surface area contributed by atoms with Crippen LogP contribution < -0.4 is 0 Å². The van der Waals surface area contributed by atoms with E-state index in [2.05, 4.69) is 41.5 Å². The third kappa shape index (κ3) is 66.7. The van der Waals surface area contributed by atoms with Gasteiger partial charge in [0.05, 0.1) is 26.4 Å². The Morgan fingerprint density at radius 2 is 0.500 bits per heavy atom. The third-order valence-corrected chi connectivity index (χ3v) is 18.9. The lowest BCUT2D eigenvalue weighted by molar-refractivity contribution is -0.161. The minimum absolute atomic E-state index is 0.102. The number of phosphoric ester groups is 2. The zero-order valence-electron chi connectivity index (χ0n) is 59.9. The number of esters is 4. The summed E-state index contributed by atoms with van der Waals surface area (Å²) in [5, 5.41) is 10.6. The van der Waals surface area contributed by atoms with E-state index < -0.39 is 97.5 Å². The molecule has 2 unspecified atom stereocenters. The molecule has 0 aliphatic heterocycles. The van der Waals surface area contributed by atoms with Crippen LogP contribution >= 0.6 is 15.6 Å². The molecule has 19 heteroatoms. The van der Waals surface area contributed by atoms with Crippen LogP contribution in [-0.4, -0.2) is 96.7 Å². The molecule has 0 aromatic heterocycles. The van der Waals surface area contributed by atoms with Crippen LogP contribution in [0.15, 0.2) is 0 Å². The lowest BCUT2D eigenvalue weighted by atomic mass is 10.0. The van der Waals surface area contributed by atoms with Crippen LogP contribution in [0.1, 0.15) is 375 Å². The number of unbranched alkanes of at least 4 members (excludes halogenated alkanes) is 42. The van der Waals surface area contributed by atoms with Crippen molar-refractivity contribution in [1.29, 1.82) is 0 Å². The highest BCUT2D eigenvalue weighted by Gasteiger charge is 2.30. The minimum atomic E-state index is -4.95. The molecule has 0 rings (SSSR count). The number of carbonyl (C=O) groups excluding carboxylic acids is 4. The second-order valence-corrected chi connectivity index (χ2v) is 30.2. The van der Waals surface area contributed by atoms with Crippen LogP contribution in [0.5, 0.6) is 0 Å². The maximum Gasteiger partial charge on any atom is 0.472 e. The van der Waals surface area contributed by atoms with Crippen LogP contribution in [-0.2, 0) is 65.4 Å². The Morgan fingerprint density at radius 1 is 0.293 bits per heavy atom. The first-order valence-corrected chi connectivity index (χ1v) is 41.0. The first-order valence-electron chi connectivity index (χ1n) is 38.0. The van der Waals surface area contributed by atoms with E-state index in [1.54, 1.807) is 0 Å². The Balaban J connectivity index is 5.17. The SMILES string of the molecule is CCCCCCCCCCCCCCCCCCCCCCC(=O)O[C@H](COC(=O)CCCCCCCCCCCCCCC(C)C)COP(=O)(O)OC[C@@H](O)COP(=O)(O)OC[C@@H](COC(=O)CCCCCCCCCC)OC(=O)CCCCCCCCC(C)C. The van der Waals surface area contributed by atoms with Gasteiger partial charge in [0.25, 0.3) is 0 Å². The number of phosphoric acid groups is 2. The van der Waals surface area contributed by atoms with Gasteiger partial charge >= 0.3 is 39.5 Å². The molecule has 0 saturated carbocycles. The van der Waals surface area contributed by atoms with Gasteiger partial charge in [0.15, 0.2) is 12.2 Å². The number of carbonyl (C=O) groups is 4. The molecule has 0 amide bonds. The van der Waals surface area contributed by atoms with Crippen LogP contribution in [0.4, 0.5) is 0 Å². The average molecular weight is 1350 g/mol. The summed E-state index contributed by atoms with van der Waals surface area (Å²) < 4.78 is 68.3. The molecule has 5 atom stereocenters. The van der Waals surface area contributed by atoms with Gasteiger partial charge in [-0.1, -0.05) is 324 Å². The maximum atomic E-state index is 13.1. The van der Waals surface area contributed by atoms with E-state index >= 15 is 0 Å². The summed E-state index contributed by atoms with van der Waals surface area (Å²) in [5.41, 5.74) is 0. The number of aliphatic hydroxyl groups excluding tert-OH is 1. The van der Waals surface area contributed by atoms with Gasteiger partial charge in [-0.3, -0.25) is 37.3 Å². The van der Waals surface area contributed by atoms with Crippen molar-refractivity contribution < 1.29 is 80.2 Å². The monoisotopic (exact) mass is 1350 g/mol. The quantitative estimate of drug-likeness (QED) is 0.0222. The van der Waals surface area contributed by atoms with Gasteiger partial charge in [-0.25, -0.2) is 9.13 Å². The van der Waals surface area contributed by atoms with Gasteiger partial charge in [-0.2, -0.15) is 0 Å². The molecule has 0 fully saturated rings. The predicted octanol–water partition coefficient (Wildman–Crippen LogP) is 21.2. The summed E-state index contributed by atoms with van der Waals surface area (Å²) >= 11 is 0. The summed E-state index contributed by atoms with van der Waals surface area (Å²) in [6.45, 7) is 9.46. The van der Waals surface area contributed by atoms with E-state index in [9.17, 15) is 43.2 Å². The van der Waals surface area contributed by atoms with Crippen LogP contribution in [0, 0.1) is 11.8 Å². The second kappa shape index (κ2) is 65.0. The first-order chi connectivity index (χ1) is 44.4. The maximum absolute atomic E-state index is 13.1. The summed E-state index contributed by atoms with van der Waals surface area (Å²) in [4.78, 5) is 72.5. The molecule has 3 N–H and O–H groups in total. The molecule has 0 aliphatic carbocycles. The van der Waals surface area contributed by atoms with Crippen molar-refractivity contribution in [1.82, 2.24) is 0 Å². The third-order valence-electron chi connectivity index (χ3n) is 17.0. The number of ether oxygens (including phenoxy) is 4.